The van der Waals surface area contributed by atoms with E-state index in [0.29, 0.717) is 11.1 Å². The van der Waals surface area contributed by atoms with Crippen LogP contribution in [0.4, 0.5) is 0 Å². The first kappa shape index (κ1) is 14.9. The van der Waals surface area contributed by atoms with Gasteiger partial charge in [0.25, 0.3) is 5.91 Å². The molecule has 22 heavy (non-hydrogen) atoms. The molecule has 0 aliphatic rings. The van der Waals surface area contributed by atoms with E-state index in [9.17, 15) is 9.59 Å². The molecule has 1 amide bonds. The molecule has 3 rings (SSSR count). The highest BCUT2D eigenvalue weighted by molar-refractivity contribution is 6.53. The molecule has 0 radical (unpaired) electrons. The average Bonchev–Trinajstić information content (AvgIpc) is 2.51. The van der Waals surface area contributed by atoms with Crippen LogP contribution >= 0.6 is 23.2 Å². The maximum absolute atomic E-state index is 11.8. The highest BCUT2D eigenvalue weighted by Gasteiger charge is 2.13. The van der Waals surface area contributed by atoms with Crippen molar-refractivity contribution >= 4 is 50.9 Å². The van der Waals surface area contributed by atoms with Gasteiger partial charge in [0.05, 0.1) is 0 Å². The molecule has 3 aromatic rings. The van der Waals surface area contributed by atoms with Gasteiger partial charge in [-0.1, -0.05) is 59.6 Å². The minimum absolute atomic E-state index is 0.148. The number of amides is 1. The number of carbonyl (C=O) groups excluding carboxylic acids is 1. The number of halogens is 2. The summed E-state index contributed by atoms with van der Waals surface area (Å²) in [7, 11) is 0. The minimum Gasteiger partial charge on any atom is -0.422 e. The highest BCUT2D eigenvalue weighted by Crippen LogP contribution is 2.26. The molecular weight excluding hydrogens is 325 g/mol. The van der Waals surface area contributed by atoms with Crippen molar-refractivity contribution in [2.24, 2.45) is 0 Å². The summed E-state index contributed by atoms with van der Waals surface area (Å²) in [5.74, 6) is -0.509. The lowest BCUT2D eigenvalue weighted by atomic mass is 10.0. The van der Waals surface area contributed by atoms with Gasteiger partial charge in [0.1, 0.15) is 5.58 Å². The topological polar surface area (TPSA) is 59.3 Å². The summed E-state index contributed by atoms with van der Waals surface area (Å²) in [6, 6.07) is 12.8. The summed E-state index contributed by atoms with van der Waals surface area (Å²) in [6.07, 6.45) is 0. The van der Waals surface area contributed by atoms with Crippen LogP contribution in [0.25, 0.3) is 21.7 Å². The molecule has 112 valence electrons. The van der Waals surface area contributed by atoms with Crippen molar-refractivity contribution < 1.29 is 9.21 Å². The Morgan fingerprint density at radius 1 is 1.14 bits per heavy atom. The maximum Gasteiger partial charge on any atom is 0.336 e. The summed E-state index contributed by atoms with van der Waals surface area (Å²) < 4.78 is 5.35. The lowest BCUT2D eigenvalue weighted by molar-refractivity contribution is -0.119. The molecule has 0 aliphatic heterocycles. The van der Waals surface area contributed by atoms with E-state index in [0.717, 1.165) is 16.2 Å². The third-order valence-electron chi connectivity index (χ3n) is 3.37. The molecule has 4 nitrogen and oxygen atoms in total. The fraction of sp³-hybridized carbons (Fsp3) is 0.125. The largest absolute Gasteiger partial charge is 0.422 e. The van der Waals surface area contributed by atoms with Gasteiger partial charge in [0.15, 0.2) is 4.84 Å². The van der Waals surface area contributed by atoms with E-state index in [1.54, 1.807) is 0 Å². The van der Waals surface area contributed by atoms with Crippen LogP contribution in [0, 0.1) is 0 Å². The van der Waals surface area contributed by atoms with Crippen LogP contribution in [-0.4, -0.2) is 10.7 Å². The standard InChI is InChI=1S/C16H11Cl2NO3/c17-15(18)16(21)19-8-10-7-13(20)22-14-11-4-2-1-3-9(11)5-6-12(10)14/h1-7,15H,8H2,(H,19,21). The fourth-order valence-electron chi connectivity index (χ4n) is 2.36. The number of rotatable bonds is 3. The van der Waals surface area contributed by atoms with E-state index in [4.69, 9.17) is 27.6 Å². The van der Waals surface area contributed by atoms with Crippen LogP contribution < -0.4 is 10.9 Å². The molecule has 0 aliphatic carbocycles. The normalized spacial score (nSPS) is 11.2. The fourth-order valence-corrected chi connectivity index (χ4v) is 2.52. The molecular formula is C16H11Cl2NO3. The predicted molar refractivity (Wildman–Crippen MR) is 87.3 cm³/mol. The van der Waals surface area contributed by atoms with Gasteiger partial charge in [0, 0.05) is 23.4 Å². The van der Waals surface area contributed by atoms with Crippen molar-refractivity contribution in [1.82, 2.24) is 5.32 Å². The molecule has 0 saturated carbocycles. The zero-order valence-corrected chi connectivity index (χ0v) is 12.8. The molecule has 0 spiro atoms. The van der Waals surface area contributed by atoms with Crippen molar-refractivity contribution in [2.45, 2.75) is 11.4 Å². The quantitative estimate of drug-likeness (QED) is 0.453. The minimum atomic E-state index is -1.15. The van der Waals surface area contributed by atoms with Crippen LogP contribution in [-0.2, 0) is 11.3 Å². The monoisotopic (exact) mass is 335 g/mol. The molecule has 0 atom stereocenters. The van der Waals surface area contributed by atoms with Crippen molar-refractivity contribution in [3.63, 3.8) is 0 Å². The number of alkyl halides is 2. The van der Waals surface area contributed by atoms with Crippen molar-refractivity contribution in [1.29, 1.82) is 0 Å². The van der Waals surface area contributed by atoms with Gasteiger partial charge in [-0.3, -0.25) is 4.79 Å². The van der Waals surface area contributed by atoms with Crippen molar-refractivity contribution in [3.05, 3.63) is 58.4 Å². The molecule has 0 saturated heterocycles. The Hall–Kier alpha value is -2.04. The van der Waals surface area contributed by atoms with E-state index in [-0.39, 0.29) is 6.54 Å². The zero-order chi connectivity index (χ0) is 15.7. The Bertz CT molecular complexity index is 918. The van der Waals surface area contributed by atoms with E-state index >= 15 is 0 Å². The van der Waals surface area contributed by atoms with E-state index < -0.39 is 16.4 Å². The Kier molecular flexibility index (Phi) is 4.05. The second-order valence-corrected chi connectivity index (χ2v) is 5.87. The Balaban J connectivity index is 2.13. The van der Waals surface area contributed by atoms with E-state index in [1.807, 2.05) is 36.4 Å². The number of hydrogen-bond acceptors (Lipinski definition) is 3. The lowest BCUT2D eigenvalue weighted by Crippen LogP contribution is -2.28. The first-order valence-electron chi connectivity index (χ1n) is 6.56. The highest BCUT2D eigenvalue weighted by atomic mass is 35.5. The van der Waals surface area contributed by atoms with Crippen LogP contribution in [0.3, 0.4) is 0 Å². The number of carbonyl (C=O) groups is 1. The van der Waals surface area contributed by atoms with Gasteiger partial charge < -0.3 is 9.73 Å². The second-order valence-electron chi connectivity index (χ2n) is 4.77. The molecule has 1 heterocycles. The van der Waals surface area contributed by atoms with Crippen molar-refractivity contribution in [2.75, 3.05) is 0 Å². The van der Waals surface area contributed by atoms with Crippen LogP contribution in [0.2, 0.25) is 0 Å². The second kappa shape index (κ2) is 5.99. The maximum atomic E-state index is 11.8. The predicted octanol–water partition coefficient (Wildman–Crippen LogP) is 3.37. The molecule has 1 aromatic heterocycles. The van der Waals surface area contributed by atoms with Gasteiger partial charge in [-0.05, 0) is 10.9 Å². The van der Waals surface area contributed by atoms with Crippen LogP contribution in [0.5, 0.6) is 0 Å². The number of benzene rings is 2. The SMILES string of the molecule is O=C(NCc1cc(=O)oc2c1ccc1ccccc12)C(Cl)Cl. The summed E-state index contributed by atoms with van der Waals surface area (Å²) >= 11 is 11.0. The van der Waals surface area contributed by atoms with Gasteiger partial charge in [0.2, 0.25) is 0 Å². The molecule has 0 unspecified atom stereocenters. The van der Waals surface area contributed by atoms with Gasteiger partial charge in [-0.25, -0.2) is 4.79 Å². The van der Waals surface area contributed by atoms with Crippen molar-refractivity contribution in [3.8, 4) is 0 Å². The lowest BCUT2D eigenvalue weighted by Gasteiger charge is -2.09. The first-order chi connectivity index (χ1) is 10.6. The number of hydrogen-bond donors (Lipinski definition) is 1. The molecule has 0 bridgehead atoms. The van der Waals surface area contributed by atoms with Crippen LogP contribution in [0.15, 0.2) is 51.7 Å². The van der Waals surface area contributed by atoms with E-state index in [1.165, 1.54) is 6.07 Å². The molecule has 2 aromatic carbocycles. The summed E-state index contributed by atoms with van der Waals surface area (Å²) in [5.41, 5.74) is 0.684. The summed E-state index contributed by atoms with van der Waals surface area (Å²) in [5, 5.41) is 5.16. The van der Waals surface area contributed by atoms with Gasteiger partial charge in [-0.2, -0.15) is 0 Å². The smallest absolute Gasteiger partial charge is 0.336 e. The summed E-state index contributed by atoms with van der Waals surface area (Å²) in [4.78, 5) is 22.1. The molecule has 6 heteroatoms. The van der Waals surface area contributed by atoms with Gasteiger partial charge >= 0.3 is 5.63 Å². The zero-order valence-electron chi connectivity index (χ0n) is 11.3. The molecule has 0 fully saturated rings. The number of nitrogens with one attached hydrogen (secondary N) is 1. The Morgan fingerprint density at radius 3 is 2.68 bits per heavy atom. The Morgan fingerprint density at radius 2 is 1.91 bits per heavy atom. The van der Waals surface area contributed by atoms with Crippen LogP contribution in [0.1, 0.15) is 5.56 Å². The third-order valence-corrected chi connectivity index (χ3v) is 3.77. The summed E-state index contributed by atoms with van der Waals surface area (Å²) in [6.45, 7) is 0.148. The number of fused-ring (bicyclic) bond motifs is 3. The average molecular weight is 336 g/mol. The Labute approximate surface area is 135 Å². The van der Waals surface area contributed by atoms with Gasteiger partial charge in [-0.15, -0.1) is 0 Å². The third kappa shape index (κ3) is 2.80. The molecule has 1 N–H and O–H groups in total. The first-order valence-corrected chi connectivity index (χ1v) is 7.44. The van der Waals surface area contributed by atoms with E-state index in [2.05, 4.69) is 5.32 Å².